The monoisotopic (exact) mass is 413 g/mol. The molecule has 1 aliphatic heterocycles. The van der Waals surface area contributed by atoms with Gasteiger partial charge in [-0.15, -0.1) is 0 Å². The van der Waals surface area contributed by atoms with E-state index in [4.69, 9.17) is 4.74 Å². The third kappa shape index (κ3) is 4.86. The van der Waals surface area contributed by atoms with Crippen LogP contribution < -0.4 is 15.0 Å². The molecule has 1 aliphatic rings. The number of amides is 1. The molecule has 9 nitrogen and oxygen atoms in total. The average molecular weight is 413 g/mol. The van der Waals surface area contributed by atoms with Crippen molar-refractivity contribution in [3.05, 3.63) is 57.6 Å². The summed E-state index contributed by atoms with van der Waals surface area (Å²) in [7, 11) is 1.28. The molecule has 0 atom stereocenters. The quantitative estimate of drug-likeness (QED) is 0.421. The molecule has 0 spiro atoms. The van der Waals surface area contributed by atoms with Gasteiger partial charge in [0.25, 0.3) is 11.6 Å². The topological polar surface area (TPSA) is 111 Å². The van der Waals surface area contributed by atoms with Crippen molar-refractivity contribution in [1.29, 1.82) is 0 Å². The highest BCUT2D eigenvalue weighted by Gasteiger charge is 2.23. The molecule has 0 bridgehead atoms. The van der Waals surface area contributed by atoms with Crippen LogP contribution in [-0.2, 0) is 9.53 Å². The van der Waals surface area contributed by atoms with Crippen LogP contribution in [0.3, 0.4) is 0 Å². The number of hydrogen-bond acceptors (Lipinski definition) is 7. The van der Waals surface area contributed by atoms with Crippen LogP contribution in [0.25, 0.3) is 0 Å². The van der Waals surface area contributed by atoms with E-state index in [1.807, 2.05) is 0 Å². The number of aryl methyl sites for hydroxylation is 1. The van der Waals surface area contributed by atoms with Gasteiger partial charge in [0.1, 0.15) is 5.75 Å². The molecule has 0 saturated carbocycles. The largest absolute Gasteiger partial charge is 0.482 e. The molecule has 1 heterocycles. The number of methoxy groups -OCH3 is 1. The highest BCUT2D eigenvalue weighted by Crippen LogP contribution is 2.30. The Kier molecular flexibility index (Phi) is 6.51. The van der Waals surface area contributed by atoms with E-state index in [0.717, 1.165) is 31.5 Å². The molecule has 1 amide bonds. The van der Waals surface area contributed by atoms with E-state index in [1.165, 1.54) is 19.2 Å². The van der Waals surface area contributed by atoms with Crippen molar-refractivity contribution in [3.8, 4) is 5.75 Å². The summed E-state index contributed by atoms with van der Waals surface area (Å²) in [6.07, 6.45) is 2.04. The second kappa shape index (κ2) is 9.25. The molecule has 2 aromatic carbocycles. The summed E-state index contributed by atoms with van der Waals surface area (Å²) >= 11 is 0. The lowest BCUT2D eigenvalue weighted by atomic mass is 10.1. The zero-order chi connectivity index (χ0) is 21.7. The molecule has 9 heteroatoms. The van der Waals surface area contributed by atoms with Crippen LogP contribution in [0.15, 0.2) is 36.4 Å². The van der Waals surface area contributed by atoms with Crippen LogP contribution in [0.5, 0.6) is 5.75 Å². The number of nitro benzene ring substituents is 1. The van der Waals surface area contributed by atoms with Crippen molar-refractivity contribution >= 4 is 28.9 Å². The molecule has 158 valence electrons. The molecular formula is C21H23N3O6. The van der Waals surface area contributed by atoms with Gasteiger partial charge in [-0.2, -0.15) is 0 Å². The van der Waals surface area contributed by atoms with Gasteiger partial charge in [-0.1, -0.05) is 0 Å². The van der Waals surface area contributed by atoms with Crippen molar-refractivity contribution in [2.24, 2.45) is 0 Å². The van der Waals surface area contributed by atoms with Gasteiger partial charge >= 0.3 is 5.97 Å². The molecular weight excluding hydrogens is 390 g/mol. The van der Waals surface area contributed by atoms with Crippen molar-refractivity contribution in [2.45, 2.75) is 19.8 Å². The third-order valence-electron chi connectivity index (χ3n) is 4.91. The lowest BCUT2D eigenvalue weighted by molar-refractivity contribution is -0.384. The van der Waals surface area contributed by atoms with E-state index < -0.39 is 16.8 Å². The molecule has 0 aliphatic carbocycles. The summed E-state index contributed by atoms with van der Waals surface area (Å²) < 4.78 is 9.88. The first-order chi connectivity index (χ1) is 14.4. The maximum atomic E-state index is 13.0. The number of non-ortho nitro benzene ring substituents is 1. The first-order valence-corrected chi connectivity index (χ1v) is 9.54. The van der Waals surface area contributed by atoms with E-state index in [-0.39, 0.29) is 17.9 Å². The van der Waals surface area contributed by atoms with E-state index in [0.29, 0.717) is 17.1 Å². The van der Waals surface area contributed by atoms with Crippen LogP contribution in [-0.4, -0.2) is 43.6 Å². The van der Waals surface area contributed by atoms with Gasteiger partial charge in [-0.25, -0.2) is 4.79 Å². The van der Waals surface area contributed by atoms with Gasteiger partial charge in [0.05, 0.1) is 23.3 Å². The number of hydrogen-bond donors (Lipinski definition) is 1. The Balaban J connectivity index is 1.82. The Hall–Kier alpha value is -3.62. The molecule has 1 fully saturated rings. The molecule has 0 radical (unpaired) electrons. The number of nitrogens with zero attached hydrogens (tertiary/aromatic N) is 2. The average Bonchev–Trinajstić information content (AvgIpc) is 3.27. The van der Waals surface area contributed by atoms with Crippen LogP contribution in [0.2, 0.25) is 0 Å². The highest BCUT2D eigenvalue weighted by molar-refractivity contribution is 6.09. The number of ether oxygens (including phenoxy) is 2. The molecule has 0 aromatic heterocycles. The lowest BCUT2D eigenvalue weighted by Gasteiger charge is -2.21. The zero-order valence-electron chi connectivity index (χ0n) is 16.8. The molecule has 1 N–H and O–H groups in total. The van der Waals surface area contributed by atoms with E-state index in [9.17, 15) is 19.7 Å². The van der Waals surface area contributed by atoms with Gasteiger partial charge < -0.3 is 19.7 Å². The van der Waals surface area contributed by atoms with Crippen LogP contribution in [0, 0.1) is 17.0 Å². The number of carbonyl (C=O) groups excluding carboxylic acids is 2. The molecule has 30 heavy (non-hydrogen) atoms. The van der Waals surface area contributed by atoms with Crippen LogP contribution >= 0.6 is 0 Å². The number of esters is 1. The second-order valence-electron chi connectivity index (χ2n) is 6.95. The summed E-state index contributed by atoms with van der Waals surface area (Å²) in [6, 6.07) is 9.34. The minimum atomic E-state index is -0.511. The third-order valence-corrected chi connectivity index (χ3v) is 4.91. The Morgan fingerprint density at radius 3 is 2.53 bits per heavy atom. The Labute approximate surface area is 173 Å². The standard InChI is InChI=1S/C21H23N3O6/c1-14-11-16(30-13-20(25)29-2)6-7-18(14)22-21(26)17-12-15(24(27)28)5-8-19(17)23-9-3-4-10-23/h5-8,11-12H,3-4,9-10,13H2,1-2H3,(H,22,26). The predicted molar refractivity (Wildman–Crippen MR) is 111 cm³/mol. The lowest BCUT2D eigenvalue weighted by Crippen LogP contribution is -2.23. The maximum Gasteiger partial charge on any atom is 0.343 e. The molecule has 3 rings (SSSR count). The highest BCUT2D eigenvalue weighted by atomic mass is 16.6. The number of carbonyl (C=O) groups is 2. The summed E-state index contributed by atoms with van der Waals surface area (Å²) in [6.45, 7) is 3.19. The van der Waals surface area contributed by atoms with Crippen molar-refractivity contribution in [3.63, 3.8) is 0 Å². The van der Waals surface area contributed by atoms with Gasteiger partial charge in [0.15, 0.2) is 6.61 Å². The Bertz CT molecular complexity index is 969. The SMILES string of the molecule is COC(=O)COc1ccc(NC(=O)c2cc([N+](=O)[O-])ccc2N2CCCC2)c(C)c1. The fraction of sp³-hybridized carbons (Fsp3) is 0.333. The maximum absolute atomic E-state index is 13.0. The van der Waals surface area contributed by atoms with E-state index in [1.54, 1.807) is 31.2 Å². The molecule has 0 unspecified atom stereocenters. The summed E-state index contributed by atoms with van der Waals surface area (Å²) in [5, 5.41) is 14.0. The number of nitro groups is 1. The zero-order valence-corrected chi connectivity index (χ0v) is 16.8. The van der Waals surface area contributed by atoms with Crippen molar-refractivity contribution in [2.75, 3.05) is 37.0 Å². The van der Waals surface area contributed by atoms with Crippen molar-refractivity contribution in [1.82, 2.24) is 0 Å². The first-order valence-electron chi connectivity index (χ1n) is 9.54. The van der Waals surface area contributed by atoms with Gasteiger partial charge in [-0.3, -0.25) is 14.9 Å². The van der Waals surface area contributed by atoms with Crippen LogP contribution in [0.1, 0.15) is 28.8 Å². The van der Waals surface area contributed by atoms with Crippen LogP contribution in [0.4, 0.5) is 17.1 Å². The minimum absolute atomic E-state index is 0.133. The Morgan fingerprint density at radius 2 is 1.90 bits per heavy atom. The number of rotatable bonds is 7. The Morgan fingerprint density at radius 1 is 1.17 bits per heavy atom. The molecule has 2 aromatic rings. The summed E-state index contributed by atoms with van der Waals surface area (Å²) in [4.78, 5) is 37.0. The number of benzene rings is 2. The normalized spacial score (nSPS) is 13.1. The van der Waals surface area contributed by atoms with Gasteiger partial charge in [-0.05, 0) is 49.6 Å². The first kappa shape index (κ1) is 21.1. The second-order valence-corrected chi connectivity index (χ2v) is 6.95. The fourth-order valence-electron chi connectivity index (χ4n) is 3.31. The van der Waals surface area contributed by atoms with Gasteiger partial charge in [0.2, 0.25) is 0 Å². The minimum Gasteiger partial charge on any atom is -0.482 e. The number of nitrogens with one attached hydrogen (secondary N) is 1. The summed E-state index contributed by atoms with van der Waals surface area (Å²) in [5.41, 5.74) is 2.08. The number of anilines is 2. The summed E-state index contributed by atoms with van der Waals surface area (Å²) in [5.74, 6) is -0.457. The van der Waals surface area contributed by atoms with Crippen molar-refractivity contribution < 1.29 is 24.0 Å². The van der Waals surface area contributed by atoms with E-state index in [2.05, 4.69) is 15.0 Å². The smallest absolute Gasteiger partial charge is 0.343 e. The predicted octanol–water partition coefficient (Wildman–Crippen LogP) is 3.31. The van der Waals surface area contributed by atoms with Gasteiger partial charge in [0, 0.05) is 30.9 Å². The van der Waals surface area contributed by atoms with E-state index >= 15 is 0 Å². The fourth-order valence-corrected chi connectivity index (χ4v) is 3.31. The molecule has 1 saturated heterocycles.